The maximum atomic E-state index is 13.8. The average Bonchev–Trinajstić information content (AvgIpc) is 3.73. The number of halogens is 1. The lowest BCUT2D eigenvalue weighted by atomic mass is 10.0. The molecule has 18 heteroatoms. The Morgan fingerprint density at radius 2 is 1.82 bits per heavy atom. The third-order valence-corrected chi connectivity index (χ3v) is 9.62. The first-order valence-electron chi connectivity index (χ1n) is 15.0. The van der Waals surface area contributed by atoms with Gasteiger partial charge in [-0.05, 0) is 60.5 Å². The van der Waals surface area contributed by atoms with Crippen molar-refractivity contribution in [3.05, 3.63) is 95.6 Å². The zero-order chi connectivity index (χ0) is 35.9. The molecule has 2 atom stereocenters. The monoisotopic (exact) mass is 728 g/mol. The quantitative estimate of drug-likeness (QED) is 0.109. The van der Waals surface area contributed by atoms with Gasteiger partial charge in [-0.15, -0.1) is 16.4 Å². The molecule has 5 aromatic rings. The van der Waals surface area contributed by atoms with Crippen LogP contribution in [0.15, 0.2) is 77.3 Å². The lowest BCUT2D eigenvalue weighted by Gasteiger charge is -2.28. The highest BCUT2D eigenvalue weighted by atomic mass is 32.2. The minimum Gasteiger partial charge on any atom is -0.491 e. The number of carbonyl (C=O) groups excluding carboxylic acids is 1. The number of sulfonamides is 1. The molecular formula is C32H33FN6O9S2. The van der Waals surface area contributed by atoms with Crippen LogP contribution < -0.4 is 19.9 Å². The minimum absolute atomic E-state index is 0.0153. The second kappa shape index (κ2) is 15.7. The minimum atomic E-state index is -3.96. The number of primary sulfonamides is 1. The molecule has 264 valence electrons. The summed E-state index contributed by atoms with van der Waals surface area (Å²) in [6.07, 6.45) is 1.49. The smallest absolute Gasteiger partial charge is 0.331 e. The molecule has 0 aliphatic heterocycles. The SMILES string of the molecule is C[C@@](COCc1cccc(OCCO)c1)(NC(=O)[C@H](Cc1ccc(F)cc1)n1cc(COc2ccc3nc(S(N)(=O)=O)sc3c2)nn1)C(=O)O. The second-order valence-corrected chi connectivity index (χ2v) is 14.1. The number of ether oxygens (including phenoxy) is 3. The zero-order valence-corrected chi connectivity index (χ0v) is 28.2. The third kappa shape index (κ3) is 9.36. The molecule has 0 radical (unpaired) electrons. The number of aliphatic hydroxyl groups is 1. The number of aromatic nitrogens is 4. The van der Waals surface area contributed by atoms with Gasteiger partial charge in [-0.2, -0.15) is 0 Å². The van der Waals surface area contributed by atoms with Crippen LogP contribution in [0.5, 0.6) is 11.5 Å². The first kappa shape index (κ1) is 36.3. The van der Waals surface area contributed by atoms with Crippen molar-refractivity contribution in [3.63, 3.8) is 0 Å². The molecule has 1 amide bonds. The van der Waals surface area contributed by atoms with Crippen LogP contribution in [0.25, 0.3) is 10.2 Å². The number of rotatable bonds is 17. The van der Waals surface area contributed by atoms with E-state index >= 15 is 0 Å². The Balaban J connectivity index is 1.29. The van der Waals surface area contributed by atoms with Gasteiger partial charge < -0.3 is 29.7 Å². The molecule has 0 aliphatic carbocycles. The average molecular weight is 729 g/mol. The van der Waals surface area contributed by atoms with E-state index in [2.05, 4.69) is 20.6 Å². The maximum absolute atomic E-state index is 13.8. The summed E-state index contributed by atoms with van der Waals surface area (Å²) in [6.45, 7) is 0.825. The summed E-state index contributed by atoms with van der Waals surface area (Å²) >= 11 is 0.899. The fourth-order valence-corrected chi connectivity index (χ4v) is 6.39. The number of hydrogen-bond donors (Lipinski definition) is 4. The number of amides is 1. The number of fused-ring (bicyclic) bond motifs is 1. The van der Waals surface area contributed by atoms with Crippen LogP contribution in [0.1, 0.15) is 29.8 Å². The molecule has 0 aliphatic rings. The first-order valence-corrected chi connectivity index (χ1v) is 17.4. The van der Waals surface area contributed by atoms with Gasteiger partial charge in [-0.3, -0.25) is 4.79 Å². The standard InChI is InChI=1S/C32H33FN6O9S2/c1-32(30(42)43,19-46-17-21-3-2-4-24(13-21)47-12-11-40)36-29(41)27(14-20-5-7-22(33)8-6-20)39-16-23(37-38-39)18-48-25-9-10-26-28(15-25)49-31(35-26)50(34,44)45/h2-10,13,15-16,27,40H,11-12,14,17-19H2,1H3,(H,36,41)(H,42,43)(H2,34,44,45)/t27-,32-/m0/s1. The van der Waals surface area contributed by atoms with Gasteiger partial charge in [0.25, 0.3) is 10.0 Å². The highest BCUT2D eigenvalue weighted by molar-refractivity contribution is 7.91. The van der Waals surface area contributed by atoms with E-state index in [0.29, 0.717) is 38.5 Å². The van der Waals surface area contributed by atoms with E-state index in [9.17, 15) is 27.5 Å². The van der Waals surface area contributed by atoms with E-state index in [0.717, 1.165) is 11.3 Å². The number of thiazole rings is 1. The van der Waals surface area contributed by atoms with Gasteiger partial charge >= 0.3 is 5.97 Å². The molecule has 5 N–H and O–H groups in total. The van der Waals surface area contributed by atoms with Crippen molar-refractivity contribution >= 4 is 43.5 Å². The molecule has 0 unspecified atom stereocenters. The molecular weight excluding hydrogens is 696 g/mol. The van der Waals surface area contributed by atoms with Crippen LogP contribution in [0.3, 0.4) is 0 Å². The molecule has 2 aromatic heterocycles. The number of benzene rings is 3. The summed E-state index contributed by atoms with van der Waals surface area (Å²) in [7, 11) is -3.96. The highest BCUT2D eigenvalue weighted by Crippen LogP contribution is 2.28. The van der Waals surface area contributed by atoms with E-state index in [-0.39, 0.29) is 37.2 Å². The summed E-state index contributed by atoms with van der Waals surface area (Å²) < 4.78 is 55.5. The van der Waals surface area contributed by atoms with Gasteiger partial charge in [0.15, 0.2) is 5.54 Å². The molecule has 15 nitrogen and oxygen atoms in total. The van der Waals surface area contributed by atoms with Crippen LogP contribution in [-0.4, -0.2) is 75.8 Å². The molecule has 3 aromatic carbocycles. The molecule has 5 rings (SSSR count). The summed E-state index contributed by atoms with van der Waals surface area (Å²) in [5, 5.41) is 35.1. The van der Waals surface area contributed by atoms with Gasteiger partial charge in [0, 0.05) is 6.42 Å². The zero-order valence-electron chi connectivity index (χ0n) is 26.6. The van der Waals surface area contributed by atoms with E-state index in [1.54, 1.807) is 42.5 Å². The largest absolute Gasteiger partial charge is 0.491 e. The van der Waals surface area contributed by atoms with Crippen LogP contribution in [0, 0.1) is 5.82 Å². The molecule has 0 spiro atoms. The Morgan fingerprint density at radius 3 is 2.54 bits per heavy atom. The third-order valence-electron chi connectivity index (χ3n) is 7.28. The van der Waals surface area contributed by atoms with E-state index in [4.69, 9.17) is 24.5 Å². The number of carbonyl (C=O) groups is 2. The normalized spacial score (nSPS) is 13.4. The van der Waals surface area contributed by atoms with Crippen molar-refractivity contribution in [2.75, 3.05) is 19.8 Å². The predicted octanol–water partition coefficient (Wildman–Crippen LogP) is 2.58. The number of nitrogens with one attached hydrogen (secondary N) is 1. The van der Waals surface area contributed by atoms with Gasteiger partial charge in [-0.1, -0.05) is 29.5 Å². The number of aliphatic carboxylic acids is 1. The van der Waals surface area contributed by atoms with Crippen LogP contribution in [-0.2, 0) is 44.0 Å². The number of carboxylic acid groups (broad SMARTS) is 1. The lowest BCUT2D eigenvalue weighted by molar-refractivity contribution is -0.150. The molecule has 0 bridgehead atoms. The Hall–Kier alpha value is -5.01. The van der Waals surface area contributed by atoms with Crippen molar-refractivity contribution < 1.29 is 46.8 Å². The van der Waals surface area contributed by atoms with Gasteiger partial charge in [-0.25, -0.2) is 32.4 Å². The van der Waals surface area contributed by atoms with E-state index < -0.39 is 45.9 Å². The fourth-order valence-electron chi connectivity index (χ4n) is 4.70. The Morgan fingerprint density at radius 1 is 1.06 bits per heavy atom. The van der Waals surface area contributed by atoms with Gasteiger partial charge in [0.05, 0.1) is 36.2 Å². The van der Waals surface area contributed by atoms with Crippen LogP contribution in [0.4, 0.5) is 4.39 Å². The summed E-state index contributed by atoms with van der Waals surface area (Å²) in [6, 6.07) is 16.1. The number of nitrogens with zero attached hydrogens (tertiary/aromatic N) is 4. The molecule has 0 saturated heterocycles. The van der Waals surface area contributed by atoms with Crippen molar-refractivity contribution in [2.24, 2.45) is 5.14 Å². The summed E-state index contributed by atoms with van der Waals surface area (Å²) in [5.74, 6) is -1.61. The number of aliphatic hydroxyl groups excluding tert-OH is 1. The lowest BCUT2D eigenvalue weighted by Crippen LogP contribution is -2.57. The number of nitrogens with two attached hydrogens (primary N) is 1. The summed E-state index contributed by atoms with van der Waals surface area (Å²) in [4.78, 5) is 30.2. The van der Waals surface area contributed by atoms with Gasteiger partial charge in [0.1, 0.15) is 42.3 Å². The van der Waals surface area contributed by atoms with Crippen LogP contribution in [0.2, 0.25) is 0 Å². The molecule has 2 heterocycles. The summed E-state index contributed by atoms with van der Waals surface area (Å²) in [5.41, 5.74) is 0.169. The molecule has 50 heavy (non-hydrogen) atoms. The Kier molecular flexibility index (Phi) is 11.4. The van der Waals surface area contributed by atoms with E-state index in [1.165, 1.54) is 42.1 Å². The molecule has 0 fully saturated rings. The van der Waals surface area contributed by atoms with Crippen molar-refractivity contribution in [2.45, 2.75) is 42.5 Å². The van der Waals surface area contributed by atoms with Crippen molar-refractivity contribution in [1.82, 2.24) is 25.3 Å². The Labute approximate surface area is 289 Å². The maximum Gasteiger partial charge on any atom is 0.331 e. The van der Waals surface area contributed by atoms with Crippen LogP contribution >= 0.6 is 11.3 Å². The second-order valence-electron chi connectivity index (χ2n) is 11.3. The fraction of sp³-hybridized carbons (Fsp3) is 0.281. The Bertz CT molecular complexity index is 2070. The first-order chi connectivity index (χ1) is 23.8. The van der Waals surface area contributed by atoms with Gasteiger partial charge in [0.2, 0.25) is 10.2 Å². The molecule has 0 saturated carbocycles. The van der Waals surface area contributed by atoms with Crippen molar-refractivity contribution in [1.29, 1.82) is 0 Å². The van der Waals surface area contributed by atoms with E-state index in [1.807, 2.05) is 0 Å². The van der Waals surface area contributed by atoms with Crippen molar-refractivity contribution in [3.8, 4) is 11.5 Å². The topological polar surface area (TPSA) is 218 Å². The number of hydrogen-bond acceptors (Lipinski definition) is 12. The predicted molar refractivity (Wildman–Crippen MR) is 177 cm³/mol. The highest BCUT2D eigenvalue weighted by Gasteiger charge is 2.38. The number of carboxylic acids is 1.